The summed E-state index contributed by atoms with van der Waals surface area (Å²) in [4.78, 5) is 6.10. The average Bonchev–Trinajstić information content (AvgIpc) is 2.51. The zero-order valence-electron chi connectivity index (χ0n) is 12.0. The van der Waals surface area contributed by atoms with Gasteiger partial charge in [0.2, 0.25) is 5.88 Å². The van der Waals surface area contributed by atoms with Gasteiger partial charge in [0.25, 0.3) is 0 Å². The van der Waals surface area contributed by atoms with Crippen LogP contribution in [0.15, 0.2) is 36.5 Å². The van der Waals surface area contributed by atoms with Gasteiger partial charge in [-0.3, -0.25) is 0 Å². The molecule has 0 bridgehead atoms. The van der Waals surface area contributed by atoms with Crippen molar-refractivity contribution in [3.8, 4) is 5.88 Å². The summed E-state index contributed by atoms with van der Waals surface area (Å²) in [6.45, 7) is 1.40. The van der Waals surface area contributed by atoms with E-state index >= 15 is 0 Å². The molecule has 22 heavy (non-hydrogen) atoms. The lowest BCUT2D eigenvalue weighted by molar-refractivity contribution is 0.164. The first kappa shape index (κ1) is 14.9. The number of hydrogen-bond acceptors (Lipinski definition) is 4. The number of ether oxygens (including phenoxy) is 1. The Bertz CT molecular complexity index is 622. The van der Waals surface area contributed by atoms with E-state index in [0.717, 1.165) is 12.8 Å². The summed E-state index contributed by atoms with van der Waals surface area (Å²) in [7, 11) is 0. The van der Waals surface area contributed by atoms with Crippen LogP contribution in [-0.4, -0.2) is 24.2 Å². The second kappa shape index (κ2) is 6.40. The van der Waals surface area contributed by atoms with Gasteiger partial charge >= 0.3 is 0 Å². The Labute approximate surface area is 133 Å². The SMILES string of the molecule is Nc1cccc(F)c1N1CCC(Oc2ccc(Cl)cn2)CC1. The molecule has 0 unspecified atom stereocenters. The fourth-order valence-corrected chi connectivity index (χ4v) is 2.78. The molecule has 0 amide bonds. The third-order valence-corrected chi connectivity index (χ3v) is 3.99. The largest absolute Gasteiger partial charge is 0.474 e. The maximum absolute atomic E-state index is 13.9. The van der Waals surface area contributed by atoms with Crippen molar-refractivity contribution in [3.05, 3.63) is 47.4 Å². The number of piperidine rings is 1. The van der Waals surface area contributed by atoms with Crippen LogP contribution < -0.4 is 15.4 Å². The number of nitrogens with two attached hydrogens (primary N) is 1. The van der Waals surface area contributed by atoms with Crippen LogP contribution in [-0.2, 0) is 0 Å². The normalized spacial score (nSPS) is 15.8. The molecule has 1 aromatic heterocycles. The first-order valence-electron chi connectivity index (χ1n) is 7.20. The van der Waals surface area contributed by atoms with Crippen molar-refractivity contribution in [1.29, 1.82) is 0 Å². The minimum absolute atomic E-state index is 0.0675. The van der Waals surface area contributed by atoms with Crippen LogP contribution in [0.25, 0.3) is 0 Å². The third-order valence-electron chi connectivity index (χ3n) is 3.76. The number of nitrogen functional groups attached to an aromatic ring is 1. The van der Waals surface area contributed by atoms with Crippen LogP contribution in [0.1, 0.15) is 12.8 Å². The van der Waals surface area contributed by atoms with Gasteiger partial charge in [0.15, 0.2) is 0 Å². The molecule has 2 N–H and O–H groups in total. The van der Waals surface area contributed by atoms with Gasteiger partial charge in [-0.15, -0.1) is 0 Å². The van der Waals surface area contributed by atoms with Gasteiger partial charge in [-0.25, -0.2) is 9.37 Å². The molecule has 4 nitrogen and oxygen atoms in total. The van der Waals surface area contributed by atoms with Gasteiger partial charge in [-0.1, -0.05) is 17.7 Å². The zero-order valence-corrected chi connectivity index (χ0v) is 12.8. The zero-order chi connectivity index (χ0) is 15.5. The van der Waals surface area contributed by atoms with E-state index in [2.05, 4.69) is 4.98 Å². The predicted molar refractivity (Wildman–Crippen MR) is 85.9 cm³/mol. The highest BCUT2D eigenvalue weighted by Crippen LogP contribution is 2.30. The van der Waals surface area contributed by atoms with Crippen LogP contribution in [0.4, 0.5) is 15.8 Å². The fourth-order valence-electron chi connectivity index (χ4n) is 2.67. The van der Waals surface area contributed by atoms with E-state index in [4.69, 9.17) is 22.1 Å². The Hall–Kier alpha value is -2.01. The minimum Gasteiger partial charge on any atom is -0.474 e. The maximum Gasteiger partial charge on any atom is 0.213 e. The minimum atomic E-state index is -0.279. The maximum atomic E-state index is 13.9. The highest BCUT2D eigenvalue weighted by molar-refractivity contribution is 6.30. The fraction of sp³-hybridized carbons (Fsp3) is 0.312. The van der Waals surface area contributed by atoms with Crippen molar-refractivity contribution in [3.63, 3.8) is 0 Å². The summed E-state index contributed by atoms with van der Waals surface area (Å²) in [5.74, 6) is 0.284. The van der Waals surface area contributed by atoms with Crippen LogP contribution >= 0.6 is 11.6 Å². The van der Waals surface area contributed by atoms with Crippen molar-refractivity contribution >= 4 is 23.0 Å². The Morgan fingerprint density at radius 2 is 2.00 bits per heavy atom. The van der Waals surface area contributed by atoms with E-state index in [1.807, 2.05) is 4.90 Å². The monoisotopic (exact) mass is 321 g/mol. The lowest BCUT2D eigenvalue weighted by atomic mass is 10.1. The Balaban J connectivity index is 1.62. The Morgan fingerprint density at radius 1 is 1.23 bits per heavy atom. The molecule has 0 saturated carbocycles. The van der Waals surface area contributed by atoms with E-state index < -0.39 is 0 Å². The number of anilines is 2. The molecule has 0 atom stereocenters. The van der Waals surface area contributed by atoms with Gasteiger partial charge in [0.1, 0.15) is 11.9 Å². The molecule has 2 aromatic rings. The summed E-state index contributed by atoms with van der Waals surface area (Å²) in [5.41, 5.74) is 6.85. The Kier molecular flexibility index (Phi) is 4.34. The number of para-hydroxylation sites is 1. The molecule has 1 aromatic carbocycles. The predicted octanol–water partition coefficient (Wildman–Crippen LogP) is 3.50. The molecule has 0 radical (unpaired) electrons. The number of rotatable bonds is 3. The molecule has 2 heterocycles. The number of aromatic nitrogens is 1. The second-order valence-electron chi connectivity index (χ2n) is 5.30. The summed E-state index contributed by atoms with van der Waals surface area (Å²) in [6, 6.07) is 8.28. The Morgan fingerprint density at radius 3 is 2.64 bits per heavy atom. The van der Waals surface area contributed by atoms with E-state index in [1.165, 1.54) is 6.07 Å². The smallest absolute Gasteiger partial charge is 0.213 e. The molecule has 116 valence electrons. The van der Waals surface area contributed by atoms with Crippen molar-refractivity contribution in [1.82, 2.24) is 4.98 Å². The van der Waals surface area contributed by atoms with Crippen LogP contribution in [0.5, 0.6) is 5.88 Å². The highest BCUT2D eigenvalue weighted by atomic mass is 35.5. The number of nitrogens with zero attached hydrogens (tertiary/aromatic N) is 2. The molecule has 0 spiro atoms. The van der Waals surface area contributed by atoms with Crippen molar-refractivity contribution < 1.29 is 9.13 Å². The first-order chi connectivity index (χ1) is 10.6. The molecule has 1 aliphatic heterocycles. The molecular weight excluding hydrogens is 305 g/mol. The van der Waals surface area contributed by atoms with E-state index in [0.29, 0.717) is 35.4 Å². The molecule has 6 heteroatoms. The molecule has 1 aliphatic rings. The second-order valence-corrected chi connectivity index (χ2v) is 5.73. The topological polar surface area (TPSA) is 51.4 Å². The lowest BCUT2D eigenvalue weighted by Gasteiger charge is -2.34. The quantitative estimate of drug-likeness (QED) is 0.879. The highest BCUT2D eigenvalue weighted by Gasteiger charge is 2.24. The van der Waals surface area contributed by atoms with E-state index in [1.54, 1.807) is 30.5 Å². The van der Waals surface area contributed by atoms with Crippen LogP contribution in [0.2, 0.25) is 5.02 Å². The third kappa shape index (κ3) is 3.25. The molecule has 1 fully saturated rings. The first-order valence-corrected chi connectivity index (χ1v) is 7.58. The van der Waals surface area contributed by atoms with E-state index in [-0.39, 0.29) is 11.9 Å². The lowest BCUT2D eigenvalue weighted by Crippen LogP contribution is -2.39. The summed E-state index contributed by atoms with van der Waals surface area (Å²) in [6.07, 6.45) is 3.21. The molecule has 3 rings (SSSR count). The van der Waals surface area contributed by atoms with Crippen LogP contribution in [0.3, 0.4) is 0 Å². The number of halogens is 2. The number of hydrogen-bond donors (Lipinski definition) is 1. The van der Waals surface area contributed by atoms with Crippen molar-refractivity contribution in [2.75, 3.05) is 23.7 Å². The van der Waals surface area contributed by atoms with E-state index in [9.17, 15) is 4.39 Å². The average molecular weight is 322 g/mol. The number of benzene rings is 1. The molecule has 1 saturated heterocycles. The van der Waals surface area contributed by atoms with Gasteiger partial charge in [0.05, 0.1) is 16.4 Å². The van der Waals surface area contributed by atoms with Gasteiger partial charge in [-0.2, -0.15) is 0 Å². The number of pyridine rings is 1. The summed E-state index contributed by atoms with van der Waals surface area (Å²) >= 11 is 5.80. The van der Waals surface area contributed by atoms with Gasteiger partial charge in [0, 0.05) is 38.2 Å². The van der Waals surface area contributed by atoms with Crippen molar-refractivity contribution in [2.24, 2.45) is 0 Å². The molecule has 0 aliphatic carbocycles. The standard InChI is InChI=1S/C16H17ClFN3O/c17-11-4-5-15(20-10-11)22-12-6-8-21(9-7-12)16-13(18)2-1-3-14(16)19/h1-5,10,12H,6-9,19H2. The summed E-state index contributed by atoms with van der Waals surface area (Å²) in [5, 5.41) is 0.581. The van der Waals surface area contributed by atoms with Crippen molar-refractivity contribution in [2.45, 2.75) is 18.9 Å². The molecular formula is C16H17ClFN3O. The van der Waals surface area contributed by atoms with Gasteiger partial charge in [-0.05, 0) is 18.2 Å². The summed E-state index contributed by atoms with van der Waals surface area (Å²) < 4.78 is 19.8. The van der Waals surface area contributed by atoms with Crippen LogP contribution in [0, 0.1) is 5.82 Å². The van der Waals surface area contributed by atoms with Gasteiger partial charge < -0.3 is 15.4 Å².